The highest BCUT2D eigenvalue weighted by molar-refractivity contribution is 5.81. The van der Waals surface area contributed by atoms with E-state index in [9.17, 15) is 4.79 Å². The topological polar surface area (TPSA) is 50.8 Å². The van der Waals surface area contributed by atoms with Crippen molar-refractivity contribution >= 4 is 5.91 Å². The van der Waals surface area contributed by atoms with Gasteiger partial charge >= 0.3 is 0 Å². The van der Waals surface area contributed by atoms with E-state index in [4.69, 9.17) is 9.47 Å². The predicted molar refractivity (Wildman–Crippen MR) is 54.6 cm³/mol. The van der Waals surface area contributed by atoms with Crippen LogP contribution < -0.4 is 5.32 Å². The molecule has 1 amide bonds. The number of hydrogen-bond acceptors (Lipinski definition) is 4. The number of amides is 1. The van der Waals surface area contributed by atoms with Crippen molar-refractivity contribution in [3.63, 3.8) is 0 Å². The Morgan fingerprint density at radius 3 is 3.00 bits per heavy atom. The summed E-state index contributed by atoms with van der Waals surface area (Å²) in [5.74, 6) is 0.0729. The van der Waals surface area contributed by atoms with Gasteiger partial charge < -0.3 is 19.7 Å². The fourth-order valence-corrected chi connectivity index (χ4v) is 1.98. The SMILES string of the molecule is C[C@@H]1CNCCN1C(=O)C1COCCO1. The van der Waals surface area contributed by atoms with Crippen LogP contribution in [0.1, 0.15) is 6.92 Å². The summed E-state index contributed by atoms with van der Waals surface area (Å²) in [6.07, 6.45) is -0.390. The fourth-order valence-electron chi connectivity index (χ4n) is 1.98. The van der Waals surface area contributed by atoms with Gasteiger partial charge in [0, 0.05) is 25.7 Å². The first kappa shape index (κ1) is 10.9. The Kier molecular flexibility index (Phi) is 3.56. The van der Waals surface area contributed by atoms with Crippen molar-refractivity contribution in [3.8, 4) is 0 Å². The van der Waals surface area contributed by atoms with Gasteiger partial charge in [0.15, 0.2) is 6.10 Å². The van der Waals surface area contributed by atoms with Gasteiger partial charge in [-0.05, 0) is 6.92 Å². The maximum atomic E-state index is 12.1. The molecule has 2 aliphatic heterocycles. The fraction of sp³-hybridized carbons (Fsp3) is 0.900. The Labute approximate surface area is 89.7 Å². The monoisotopic (exact) mass is 214 g/mol. The van der Waals surface area contributed by atoms with Gasteiger partial charge in [-0.3, -0.25) is 4.79 Å². The quantitative estimate of drug-likeness (QED) is 0.622. The maximum Gasteiger partial charge on any atom is 0.254 e. The molecule has 0 aromatic heterocycles. The first-order chi connectivity index (χ1) is 7.29. The second-order valence-electron chi connectivity index (χ2n) is 4.02. The Morgan fingerprint density at radius 2 is 2.33 bits per heavy atom. The van der Waals surface area contributed by atoms with Gasteiger partial charge in [0.1, 0.15) is 0 Å². The van der Waals surface area contributed by atoms with Crippen LogP contribution in [-0.4, -0.2) is 62.4 Å². The van der Waals surface area contributed by atoms with E-state index in [1.165, 1.54) is 0 Å². The molecule has 2 saturated heterocycles. The van der Waals surface area contributed by atoms with Gasteiger partial charge in [-0.2, -0.15) is 0 Å². The van der Waals surface area contributed by atoms with E-state index < -0.39 is 0 Å². The molecule has 1 N–H and O–H groups in total. The zero-order valence-electron chi connectivity index (χ0n) is 9.07. The standard InChI is InChI=1S/C10H18N2O3/c1-8-6-11-2-3-12(8)10(13)9-7-14-4-5-15-9/h8-9,11H,2-7H2,1H3/t8-,9?/m1/s1. The number of nitrogens with zero attached hydrogens (tertiary/aromatic N) is 1. The number of piperazine rings is 1. The van der Waals surface area contributed by atoms with E-state index in [1.807, 2.05) is 11.8 Å². The van der Waals surface area contributed by atoms with Gasteiger partial charge in [0.2, 0.25) is 0 Å². The van der Waals surface area contributed by atoms with Gasteiger partial charge in [0.05, 0.1) is 19.8 Å². The molecule has 0 aromatic carbocycles. The number of nitrogens with one attached hydrogen (secondary N) is 1. The highest BCUT2D eigenvalue weighted by atomic mass is 16.6. The molecular weight excluding hydrogens is 196 g/mol. The lowest BCUT2D eigenvalue weighted by Gasteiger charge is -2.36. The number of rotatable bonds is 1. The van der Waals surface area contributed by atoms with Gasteiger partial charge in [-0.1, -0.05) is 0 Å². The van der Waals surface area contributed by atoms with E-state index in [2.05, 4.69) is 5.32 Å². The number of hydrogen-bond donors (Lipinski definition) is 1. The summed E-state index contributed by atoms with van der Waals surface area (Å²) in [4.78, 5) is 13.9. The normalized spacial score (nSPS) is 32.7. The largest absolute Gasteiger partial charge is 0.376 e. The summed E-state index contributed by atoms with van der Waals surface area (Å²) in [7, 11) is 0. The summed E-state index contributed by atoms with van der Waals surface area (Å²) >= 11 is 0. The van der Waals surface area contributed by atoms with Crippen LogP contribution in [0, 0.1) is 0 Å². The van der Waals surface area contributed by atoms with Crippen LogP contribution in [0.5, 0.6) is 0 Å². The lowest BCUT2D eigenvalue weighted by atomic mass is 10.2. The molecule has 2 rings (SSSR count). The molecule has 0 aliphatic carbocycles. The van der Waals surface area contributed by atoms with Crippen LogP contribution >= 0.6 is 0 Å². The minimum Gasteiger partial charge on any atom is -0.376 e. The number of carbonyl (C=O) groups excluding carboxylic acids is 1. The summed E-state index contributed by atoms with van der Waals surface area (Å²) in [5.41, 5.74) is 0. The second kappa shape index (κ2) is 4.92. The molecule has 0 spiro atoms. The molecule has 0 aromatic rings. The van der Waals surface area contributed by atoms with E-state index in [0.717, 1.165) is 19.6 Å². The maximum absolute atomic E-state index is 12.1. The molecule has 1 unspecified atom stereocenters. The zero-order valence-corrected chi connectivity index (χ0v) is 9.07. The number of carbonyl (C=O) groups is 1. The average Bonchev–Trinajstić information content (AvgIpc) is 2.30. The van der Waals surface area contributed by atoms with Crippen molar-refractivity contribution in [2.45, 2.75) is 19.1 Å². The molecule has 0 bridgehead atoms. The molecule has 15 heavy (non-hydrogen) atoms. The molecule has 5 nitrogen and oxygen atoms in total. The van der Waals surface area contributed by atoms with Gasteiger partial charge in [-0.15, -0.1) is 0 Å². The average molecular weight is 214 g/mol. The van der Waals surface area contributed by atoms with Crippen LogP contribution in [0.2, 0.25) is 0 Å². The van der Waals surface area contributed by atoms with E-state index in [1.54, 1.807) is 0 Å². The Hall–Kier alpha value is -0.650. The molecule has 2 heterocycles. The van der Waals surface area contributed by atoms with Crippen molar-refractivity contribution in [1.29, 1.82) is 0 Å². The second-order valence-corrected chi connectivity index (χ2v) is 4.02. The van der Waals surface area contributed by atoms with Crippen molar-refractivity contribution in [3.05, 3.63) is 0 Å². The molecule has 86 valence electrons. The molecule has 2 atom stereocenters. The van der Waals surface area contributed by atoms with Crippen LogP contribution in [-0.2, 0) is 14.3 Å². The predicted octanol–water partition coefficient (Wildman–Crippen LogP) is -0.778. The van der Waals surface area contributed by atoms with Crippen LogP contribution in [0.4, 0.5) is 0 Å². The van der Waals surface area contributed by atoms with Crippen molar-refractivity contribution in [1.82, 2.24) is 10.2 Å². The summed E-state index contributed by atoms with van der Waals surface area (Å²) in [5, 5.41) is 3.26. The van der Waals surface area contributed by atoms with Gasteiger partial charge in [0.25, 0.3) is 5.91 Å². The highest BCUT2D eigenvalue weighted by Gasteiger charge is 2.31. The lowest BCUT2D eigenvalue weighted by Crippen LogP contribution is -2.56. The minimum absolute atomic E-state index is 0.0729. The highest BCUT2D eigenvalue weighted by Crippen LogP contribution is 2.10. The number of ether oxygens (including phenoxy) is 2. The van der Waals surface area contributed by atoms with E-state index in [0.29, 0.717) is 19.8 Å². The van der Waals surface area contributed by atoms with Crippen molar-refractivity contribution in [2.24, 2.45) is 0 Å². The smallest absolute Gasteiger partial charge is 0.254 e. The Bertz CT molecular complexity index is 229. The molecule has 0 saturated carbocycles. The van der Waals surface area contributed by atoms with Crippen LogP contribution in [0.3, 0.4) is 0 Å². The zero-order chi connectivity index (χ0) is 10.7. The first-order valence-electron chi connectivity index (χ1n) is 5.49. The molecule has 5 heteroatoms. The van der Waals surface area contributed by atoms with E-state index in [-0.39, 0.29) is 18.1 Å². The van der Waals surface area contributed by atoms with E-state index >= 15 is 0 Å². The lowest BCUT2D eigenvalue weighted by molar-refractivity contribution is -0.160. The van der Waals surface area contributed by atoms with Crippen LogP contribution in [0.15, 0.2) is 0 Å². The van der Waals surface area contributed by atoms with Crippen LogP contribution in [0.25, 0.3) is 0 Å². The summed E-state index contributed by atoms with van der Waals surface area (Å²) in [6.45, 7) is 6.06. The first-order valence-corrected chi connectivity index (χ1v) is 5.49. The van der Waals surface area contributed by atoms with Crippen molar-refractivity contribution < 1.29 is 14.3 Å². The minimum atomic E-state index is -0.390. The molecule has 0 radical (unpaired) electrons. The molecule has 2 fully saturated rings. The van der Waals surface area contributed by atoms with Gasteiger partial charge in [-0.25, -0.2) is 0 Å². The summed E-state index contributed by atoms with van der Waals surface area (Å²) < 4.78 is 10.6. The molecule has 2 aliphatic rings. The Morgan fingerprint density at radius 1 is 1.47 bits per heavy atom. The Balaban J connectivity index is 1.92. The van der Waals surface area contributed by atoms with Crippen molar-refractivity contribution in [2.75, 3.05) is 39.5 Å². The third-order valence-electron chi connectivity index (χ3n) is 2.88. The summed E-state index contributed by atoms with van der Waals surface area (Å²) in [6, 6.07) is 0.247. The molecular formula is C10H18N2O3. The third kappa shape index (κ3) is 2.48. The third-order valence-corrected chi connectivity index (χ3v) is 2.88.